The van der Waals surface area contributed by atoms with Gasteiger partial charge in [-0.1, -0.05) is 23.2 Å². The number of anilines is 1. The van der Waals surface area contributed by atoms with E-state index in [1.54, 1.807) is 6.07 Å². The van der Waals surface area contributed by atoms with Gasteiger partial charge in [-0.3, -0.25) is 4.98 Å². The minimum absolute atomic E-state index is 0.124. The Morgan fingerprint density at radius 2 is 2.10 bits per heavy atom. The summed E-state index contributed by atoms with van der Waals surface area (Å²) in [5.41, 5.74) is 3.10. The summed E-state index contributed by atoms with van der Waals surface area (Å²) in [5.74, 6) is 0.723. The summed E-state index contributed by atoms with van der Waals surface area (Å²) in [4.78, 5) is 4.19. The molecule has 1 aromatic heterocycles. The van der Waals surface area contributed by atoms with Gasteiger partial charge in [0.2, 0.25) is 0 Å². The monoisotopic (exact) mass is 308 g/mol. The van der Waals surface area contributed by atoms with Gasteiger partial charge in [0.05, 0.1) is 23.4 Å². The predicted molar refractivity (Wildman–Crippen MR) is 81.9 cm³/mol. The van der Waals surface area contributed by atoms with Crippen LogP contribution in [0, 0.1) is 6.92 Å². The summed E-state index contributed by atoms with van der Waals surface area (Å²) >= 11 is 12.3. The van der Waals surface area contributed by atoms with Crippen LogP contribution in [0.3, 0.4) is 0 Å². The molecule has 1 aromatic carbocycles. The molecule has 3 rings (SSSR count). The molecule has 0 spiro atoms. The van der Waals surface area contributed by atoms with E-state index in [-0.39, 0.29) is 6.04 Å². The van der Waals surface area contributed by atoms with Crippen molar-refractivity contribution in [3.05, 3.63) is 51.8 Å². The highest BCUT2D eigenvalue weighted by molar-refractivity contribution is 6.35. The number of aryl methyl sites for hydroxylation is 1. The number of benzene rings is 1. The zero-order valence-corrected chi connectivity index (χ0v) is 12.5. The second-order valence-electron chi connectivity index (χ2n) is 4.89. The summed E-state index contributed by atoms with van der Waals surface area (Å²) < 4.78 is 5.65. The van der Waals surface area contributed by atoms with Crippen molar-refractivity contribution >= 4 is 28.9 Å². The first-order valence-corrected chi connectivity index (χ1v) is 7.19. The Kier molecular flexibility index (Phi) is 3.72. The normalized spacial score (nSPS) is 17.2. The van der Waals surface area contributed by atoms with Crippen LogP contribution in [0.15, 0.2) is 30.6 Å². The van der Waals surface area contributed by atoms with E-state index in [9.17, 15) is 0 Å². The average molecular weight is 309 g/mol. The minimum Gasteiger partial charge on any atom is -0.492 e. The molecule has 1 aliphatic heterocycles. The first-order valence-electron chi connectivity index (χ1n) is 6.43. The zero-order chi connectivity index (χ0) is 14.1. The number of aromatic nitrogens is 1. The molecule has 1 aliphatic rings. The van der Waals surface area contributed by atoms with Crippen LogP contribution in [-0.2, 0) is 0 Å². The molecule has 0 fully saturated rings. The number of rotatable bonds is 2. The Morgan fingerprint density at radius 1 is 1.25 bits per heavy atom. The molecule has 0 saturated carbocycles. The van der Waals surface area contributed by atoms with Crippen molar-refractivity contribution in [2.45, 2.75) is 19.4 Å². The van der Waals surface area contributed by atoms with E-state index in [0.717, 1.165) is 29.0 Å². The molecular formula is C15H14Cl2N2O. The molecular weight excluding hydrogens is 295 g/mol. The molecule has 2 aromatic rings. The van der Waals surface area contributed by atoms with Crippen LogP contribution in [0.2, 0.25) is 10.0 Å². The highest BCUT2D eigenvalue weighted by Gasteiger charge is 2.24. The summed E-state index contributed by atoms with van der Waals surface area (Å²) in [7, 11) is 0. The molecule has 1 unspecified atom stereocenters. The third kappa shape index (κ3) is 2.69. The number of halogens is 2. The maximum atomic E-state index is 6.19. The van der Waals surface area contributed by atoms with Gasteiger partial charge in [0, 0.05) is 29.4 Å². The summed E-state index contributed by atoms with van der Waals surface area (Å²) in [6, 6.07) is 5.80. The predicted octanol–water partition coefficient (Wildman–Crippen LogP) is 4.63. The van der Waals surface area contributed by atoms with Gasteiger partial charge >= 0.3 is 0 Å². The van der Waals surface area contributed by atoms with E-state index < -0.39 is 0 Å². The Bertz CT molecular complexity index is 646. The Hall–Kier alpha value is -1.45. The molecule has 0 aliphatic carbocycles. The molecule has 0 saturated heterocycles. The van der Waals surface area contributed by atoms with Gasteiger partial charge in [-0.15, -0.1) is 0 Å². The second-order valence-corrected chi connectivity index (χ2v) is 5.73. The number of hydrogen-bond acceptors (Lipinski definition) is 3. The van der Waals surface area contributed by atoms with Gasteiger partial charge in [-0.25, -0.2) is 0 Å². The Morgan fingerprint density at radius 3 is 2.90 bits per heavy atom. The number of nitrogens with one attached hydrogen (secondary N) is 1. The van der Waals surface area contributed by atoms with Crippen molar-refractivity contribution in [1.29, 1.82) is 0 Å². The minimum atomic E-state index is 0.124. The van der Waals surface area contributed by atoms with Crippen LogP contribution in [0.25, 0.3) is 0 Å². The fourth-order valence-electron chi connectivity index (χ4n) is 2.41. The van der Waals surface area contributed by atoms with Crippen molar-refractivity contribution in [3.8, 4) is 5.75 Å². The second kappa shape index (κ2) is 5.51. The van der Waals surface area contributed by atoms with E-state index in [0.29, 0.717) is 16.7 Å². The molecule has 104 valence electrons. The Labute approximate surface area is 127 Å². The van der Waals surface area contributed by atoms with Crippen molar-refractivity contribution < 1.29 is 4.74 Å². The van der Waals surface area contributed by atoms with Crippen LogP contribution >= 0.6 is 23.2 Å². The molecule has 0 radical (unpaired) electrons. The van der Waals surface area contributed by atoms with Crippen LogP contribution in [0.4, 0.5) is 5.69 Å². The highest BCUT2D eigenvalue weighted by atomic mass is 35.5. The first-order chi connectivity index (χ1) is 9.63. The lowest BCUT2D eigenvalue weighted by molar-refractivity contribution is 0.274. The topological polar surface area (TPSA) is 34.2 Å². The van der Waals surface area contributed by atoms with E-state index in [1.165, 1.54) is 0 Å². The van der Waals surface area contributed by atoms with E-state index in [2.05, 4.69) is 16.4 Å². The van der Waals surface area contributed by atoms with Gasteiger partial charge in [0.15, 0.2) is 0 Å². The molecule has 2 heterocycles. The first kappa shape index (κ1) is 13.5. The van der Waals surface area contributed by atoms with Gasteiger partial charge in [-0.2, -0.15) is 0 Å². The van der Waals surface area contributed by atoms with Gasteiger partial charge in [0.25, 0.3) is 0 Å². The summed E-state index contributed by atoms with van der Waals surface area (Å²) in [5, 5.41) is 4.65. The standard InChI is InChI=1S/C15H14Cl2N2O/c1-9-4-11(8-18-7-9)19-14-2-3-20-15-12(14)5-10(16)6-13(15)17/h4-8,14,19H,2-3H2,1H3. The van der Waals surface area contributed by atoms with Crippen LogP contribution in [0.5, 0.6) is 5.75 Å². The van der Waals surface area contributed by atoms with Gasteiger partial charge in [0.1, 0.15) is 5.75 Å². The van der Waals surface area contributed by atoms with Crippen LogP contribution < -0.4 is 10.1 Å². The fourth-order valence-corrected chi connectivity index (χ4v) is 2.97. The Balaban J connectivity index is 1.94. The number of nitrogens with zero attached hydrogens (tertiary/aromatic N) is 1. The quantitative estimate of drug-likeness (QED) is 0.878. The van der Waals surface area contributed by atoms with Crippen molar-refractivity contribution in [3.63, 3.8) is 0 Å². The number of pyridine rings is 1. The highest BCUT2D eigenvalue weighted by Crippen LogP contribution is 2.41. The van der Waals surface area contributed by atoms with E-state index in [1.807, 2.05) is 25.4 Å². The zero-order valence-electron chi connectivity index (χ0n) is 11.0. The average Bonchev–Trinajstić information content (AvgIpc) is 2.40. The van der Waals surface area contributed by atoms with Gasteiger partial charge < -0.3 is 10.1 Å². The lowest BCUT2D eigenvalue weighted by Crippen LogP contribution is -2.20. The molecule has 0 amide bonds. The maximum absolute atomic E-state index is 6.19. The van der Waals surface area contributed by atoms with Crippen molar-refractivity contribution in [2.75, 3.05) is 11.9 Å². The number of ether oxygens (including phenoxy) is 1. The number of hydrogen-bond donors (Lipinski definition) is 1. The molecule has 1 N–H and O–H groups in total. The lowest BCUT2D eigenvalue weighted by atomic mass is 10.00. The lowest BCUT2D eigenvalue weighted by Gasteiger charge is -2.28. The molecule has 1 atom stereocenters. The van der Waals surface area contributed by atoms with Gasteiger partial charge in [-0.05, 0) is 30.7 Å². The molecule has 0 bridgehead atoms. The molecule has 5 heteroatoms. The smallest absolute Gasteiger partial charge is 0.143 e. The SMILES string of the molecule is Cc1cncc(NC2CCOc3c(Cl)cc(Cl)cc32)c1. The largest absolute Gasteiger partial charge is 0.492 e. The maximum Gasteiger partial charge on any atom is 0.143 e. The third-order valence-electron chi connectivity index (χ3n) is 3.28. The third-order valence-corrected chi connectivity index (χ3v) is 3.78. The van der Waals surface area contributed by atoms with Crippen LogP contribution in [-0.4, -0.2) is 11.6 Å². The summed E-state index contributed by atoms with van der Waals surface area (Å²) in [6.45, 7) is 2.65. The summed E-state index contributed by atoms with van der Waals surface area (Å²) in [6.07, 6.45) is 4.50. The molecule has 20 heavy (non-hydrogen) atoms. The molecule has 3 nitrogen and oxygen atoms in total. The van der Waals surface area contributed by atoms with E-state index >= 15 is 0 Å². The van der Waals surface area contributed by atoms with Crippen molar-refractivity contribution in [2.24, 2.45) is 0 Å². The van der Waals surface area contributed by atoms with Crippen LogP contribution in [0.1, 0.15) is 23.6 Å². The number of fused-ring (bicyclic) bond motifs is 1. The fraction of sp³-hybridized carbons (Fsp3) is 0.267. The van der Waals surface area contributed by atoms with E-state index in [4.69, 9.17) is 27.9 Å². The van der Waals surface area contributed by atoms with Crippen molar-refractivity contribution in [1.82, 2.24) is 4.98 Å².